The Labute approximate surface area is 84.2 Å². The summed E-state index contributed by atoms with van der Waals surface area (Å²) in [6, 6.07) is 0. The summed E-state index contributed by atoms with van der Waals surface area (Å²) in [4.78, 5) is 0. The van der Waals surface area contributed by atoms with E-state index in [1.165, 1.54) is 12.3 Å². The maximum atomic E-state index is 12.4. The number of thiophene rings is 1. The Balaban J connectivity index is 3.18. The van der Waals surface area contributed by atoms with E-state index >= 15 is 0 Å². The standard InChI is InChI=1S/C9H11F3OS/c1-3-8(2,13)6-4-14-5-7(6)9(10,11)12/h4-5,13H,3H2,1-2H3. The van der Waals surface area contributed by atoms with Crippen LogP contribution in [-0.2, 0) is 11.8 Å². The fourth-order valence-electron chi connectivity index (χ4n) is 1.12. The van der Waals surface area contributed by atoms with Gasteiger partial charge in [0.1, 0.15) is 0 Å². The van der Waals surface area contributed by atoms with Crippen LogP contribution < -0.4 is 0 Å². The van der Waals surface area contributed by atoms with Crippen molar-refractivity contribution in [3.8, 4) is 0 Å². The molecular formula is C9H11F3OS. The summed E-state index contributed by atoms with van der Waals surface area (Å²) in [5.41, 5.74) is -2.16. The van der Waals surface area contributed by atoms with Gasteiger partial charge in [-0.15, -0.1) is 0 Å². The van der Waals surface area contributed by atoms with Gasteiger partial charge in [-0.25, -0.2) is 0 Å². The minimum Gasteiger partial charge on any atom is -0.385 e. The third kappa shape index (κ3) is 2.09. The zero-order chi connectivity index (χ0) is 11.0. The van der Waals surface area contributed by atoms with Crippen LogP contribution in [-0.4, -0.2) is 5.11 Å². The molecule has 80 valence electrons. The molecule has 5 heteroatoms. The molecule has 1 unspecified atom stereocenters. The molecule has 0 spiro atoms. The van der Waals surface area contributed by atoms with Crippen LogP contribution in [0.3, 0.4) is 0 Å². The van der Waals surface area contributed by atoms with E-state index < -0.39 is 17.3 Å². The first-order valence-electron chi connectivity index (χ1n) is 4.15. The predicted octanol–water partition coefficient (Wildman–Crippen LogP) is 3.38. The fourth-order valence-corrected chi connectivity index (χ4v) is 2.11. The lowest BCUT2D eigenvalue weighted by molar-refractivity contribution is -0.140. The highest BCUT2D eigenvalue weighted by Gasteiger charge is 2.38. The van der Waals surface area contributed by atoms with Crippen molar-refractivity contribution in [3.63, 3.8) is 0 Å². The van der Waals surface area contributed by atoms with Crippen LogP contribution in [0.2, 0.25) is 0 Å². The van der Waals surface area contributed by atoms with Gasteiger partial charge in [0.2, 0.25) is 0 Å². The largest absolute Gasteiger partial charge is 0.417 e. The molecule has 1 heterocycles. The molecule has 0 saturated carbocycles. The molecule has 1 N–H and O–H groups in total. The van der Waals surface area contributed by atoms with Gasteiger partial charge in [0.15, 0.2) is 0 Å². The van der Waals surface area contributed by atoms with Crippen molar-refractivity contribution in [3.05, 3.63) is 21.9 Å². The number of hydrogen-bond donors (Lipinski definition) is 1. The molecule has 0 fully saturated rings. The van der Waals surface area contributed by atoms with Gasteiger partial charge in [-0.3, -0.25) is 0 Å². The molecule has 14 heavy (non-hydrogen) atoms. The zero-order valence-electron chi connectivity index (χ0n) is 7.85. The first-order chi connectivity index (χ1) is 6.29. The summed E-state index contributed by atoms with van der Waals surface area (Å²) in [5, 5.41) is 12.1. The van der Waals surface area contributed by atoms with Gasteiger partial charge in [0.05, 0.1) is 11.2 Å². The molecule has 1 aromatic rings. The molecule has 1 rings (SSSR count). The Morgan fingerprint density at radius 2 is 1.79 bits per heavy atom. The van der Waals surface area contributed by atoms with Crippen molar-refractivity contribution in [2.45, 2.75) is 32.0 Å². The average molecular weight is 224 g/mol. The van der Waals surface area contributed by atoms with E-state index in [4.69, 9.17) is 0 Å². The minimum atomic E-state index is -4.38. The molecule has 0 radical (unpaired) electrons. The maximum Gasteiger partial charge on any atom is 0.417 e. The third-order valence-corrected chi connectivity index (χ3v) is 2.98. The second-order valence-corrected chi connectivity index (χ2v) is 4.07. The predicted molar refractivity (Wildman–Crippen MR) is 49.2 cm³/mol. The van der Waals surface area contributed by atoms with Gasteiger partial charge in [-0.1, -0.05) is 6.92 Å². The van der Waals surface area contributed by atoms with E-state index in [0.29, 0.717) is 0 Å². The number of halogens is 3. The zero-order valence-corrected chi connectivity index (χ0v) is 8.67. The molecule has 0 aliphatic rings. The summed E-state index contributed by atoms with van der Waals surface area (Å²) in [6.07, 6.45) is -4.12. The highest BCUT2D eigenvalue weighted by atomic mass is 32.1. The van der Waals surface area contributed by atoms with E-state index in [9.17, 15) is 18.3 Å². The topological polar surface area (TPSA) is 20.2 Å². The number of rotatable bonds is 2. The van der Waals surface area contributed by atoms with Crippen molar-refractivity contribution >= 4 is 11.3 Å². The van der Waals surface area contributed by atoms with Gasteiger partial charge >= 0.3 is 6.18 Å². The average Bonchev–Trinajstić information content (AvgIpc) is 2.51. The summed E-state index contributed by atoms with van der Waals surface area (Å²) in [6.45, 7) is 3.04. The number of hydrogen-bond acceptors (Lipinski definition) is 2. The van der Waals surface area contributed by atoms with Crippen molar-refractivity contribution in [1.29, 1.82) is 0 Å². The SMILES string of the molecule is CCC(C)(O)c1cscc1C(F)(F)F. The highest BCUT2D eigenvalue weighted by molar-refractivity contribution is 7.08. The van der Waals surface area contributed by atoms with E-state index in [0.717, 1.165) is 16.7 Å². The molecule has 1 nitrogen and oxygen atoms in total. The Kier molecular flexibility index (Phi) is 2.92. The molecule has 1 aromatic heterocycles. The monoisotopic (exact) mass is 224 g/mol. The fraction of sp³-hybridized carbons (Fsp3) is 0.556. The van der Waals surface area contributed by atoms with Crippen LogP contribution in [0.1, 0.15) is 31.4 Å². The molecule has 1 atom stereocenters. The van der Waals surface area contributed by atoms with Crippen molar-refractivity contribution in [1.82, 2.24) is 0 Å². The smallest absolute Gasteiger partial charge is 0.385 e. The van der Waals surface area contributed by atoms with E-state index in [1.807, 2.05) is 0 Å². The van der Waals surface area contributed by atoms with E-state index in [2.05, 4.69) is 0 Å². The van der Waals surface area contributed by atoms with Gasteiger partial charge < -0.3 is 5.11 Å². The van der Waals surface area contributed by atoms with Crippen molar-refractivity contribution in [2.75, 3.05) is 0 Å². The van der Waals surface area contributed by atoms with Crippen LogP contribution in [0.15, 0.2) is 10.8 Å². The molecule has 0 bridgehead atoms. The molecule has 0 aliphatic carbocycles. The Hall–Kier alpha value is -0.550. The quantitative estimate of drug-likeness (QED) is 0.816. The second kappa shape index (κ2) is 3.55. The molecule has 0 amide bonds. The Morgan fingerprint density at radius 1 is 1.29 bits per heavy atom. The van der Waals surface area contributed by atoms with Crippen LogP contribution in [0.25, 0.3) is 0 Å². The number of alkyl halides is 3. The summed E-state index contributed by atoms with van der Waals surface area (Å²) < 4.78 is 37.3. The van der Waals surface area contributed by atoms with Gasteiger partial charge in [-0.05, 0) is 18.7 Å². The van der Waals surface area contributed by atoms with Gasteiger partial charge in [0.25, 0.3) is 0 Å². The summed E-state index contributed by atoms with van der Waals surface area (Å²) in [5.74, 6) is 0. The lowest BCUT2D eigenvalue weighted by Crippen LogP contribution is -2.23. The second-order valence-electron chi connectivity index (χ2n) is 3.32. The Bertz CT molecular complexity index is 314. The van der Waals surface area contributed by atoms with Gasteiger partial charge in [-0.2, -0.15) is 24.5 Å². The maximum absolute atomic E-state index is 12.4. The Morgan fingerprint density at radius 3 is 2.21 bits per heavy atom. The molecule has 0 saturated heterocycles. The van der Waals surface area contributed by atoms with Crippen LogP contribution in [0.4, 0.5) is 13.2 Å². The lowest BCUT2D eigenvalue weighted by Gasteiger charge is -2.22. The summed E-state index contributed by atoms with van der Waals surface area (Å²) >= 11 is 0.955. The molecular weight excluding hydrogens is 213 g/mol. The number of aliphatic hydroxyl groups is 1. The highest BCUT2D eigenvalue weighted by Crippen LogP contribution is 2.39. The molecule has 0 aliphatic heterocycles. The normalized spacial score (nSPS) is 16.7. The van der Waals surface area contributed by atoms with Crippen molar-refractivity contribution < 1.29 is 18.3 Å². The lowest BCUT2D eigenvalue weighted by atomic mass is 9.92. The first-order valence-corrected chi connectivity index (χ1v) is 5.09. The van der Waals surface area contributed by atoms with Crippen LogP contribution in [0, 0.1) is 0 Å². The van der Waals surface area contributed by atoms with Crippen molar-refractivity contribution in [2.24, 2.45) is 0 Å². The van der Waals surface area contributed by atoms with E-state index in [1.54, 1.807) is 6.92 Å². The van der Waals surface area contributed by atoms with E-state index in [-0.39, 0.29) is 12.0 Å². The van der Waals surface area contributed by atoms with Crippen LogP contribution in [0.5, 0.6) is 0 Å². The summed E-state index contributed by atoms with van der Waals surface area (Å²) in [7, 11) is 0. The minimum absolute atomic E-state index is 0.0301. The first kappa shape index (κ1) is 11.5. The third-order valence-electron chi connectivity index (χ3n) is 2.24. The molecule has 0 aromatic carbocycles. The van der Waals surface area contributed by atoms with Gasteiger partial charge in [0, 0.05) is 10.9 Å². The van der Waals surface area contributed by atoms with Crippen LogP contribution >= 0.6 is 11.3 Å².